The second-order valence-electron chi connectivity index (χ2n) is 5.61. The maximum atomic E-state index is 13.4. The normalized spacial score (nSPS) is 18.1. The van der Waals surface area contributed by atoms with E-state index >= 15 is 0 Å². The van der Waals surface area contributed by atoms with Crippen molar-refractivity contribution in [1.82, 2.24) is 10.2 Å². The van der Waals surface area contributed by atoms with Gasteiger partial charge in [-0.25, -0.2) is 4.39 Å². The zero-order chi connectivity index (χ0) is 14.4. The third kappa shape index (κ3) is 4.72. The number of halogens is 2. The van der Waals surface area contributed by atoms with Crippen LogP contribution in [0.15, 0.2) is 18.2 Å². The molecule has 0 spiro atoms. The molecule has 4 heteroatoms. The summed E-state index contributed by atoms with van der Waals surface area (Å²) in [6, 6.07) is 5.18. The zero-order valence-corrected chi connectivity index (χ0v) is 12.9. The summed E-state index contributed by atoms with van der Waals surface area (Å²) in [4.78, 5) is 2.54. The maximum Gasteiger partial charge on any atom is 0.142 e. The minimum Gasteiger partial charge on any atom is -0.310 e. The molecular formula is C16H24ClFN2. The van der Waals surface area contributed by atoms with Crippen LogP contribution in [0.4, 0.5) is 4.39 Å². The highest BCUT2D eigenvalue weighted by Gasteiger charge is 2.10. The molecule has 20 heavy (non-hydrogen) atoms. The third-order valence-electron chi connectivity index (χ3n) is 3.99. The lowest BCUT2D eigenvalue weighted by Crippen LogP contribution is -2.32. The lowest BCUT2D eigenvalue weighted by atomic mass is 10.1. The number of likely N-dealkylation sites (tertiary alicyclic amines) is 1. The largest absolute Gasteiger partial charge is 0.310 e. The van der Waals surface area contributed by atoms with Crippen molar-refractivity contribution in [3.63, 3.8) is 0 Å². The Morgan fingerprint density at radius 2 is 2.05 bits per heavy atom. The van der Waals surface area contributed by atoms with Crippen LogP contribution in [0, 0.1) is 5.82 Å². The van der Waals surface area contributed by atoms with Crippen molar-refractivity contribution in [2.24, 2.45) is 0 Å². The summed E-state index contributed by atoms with van der Waals surface area (Å²) >= 11 is 5.70. The predicted octanol–water partition coefficient (Wildman–Crippen LogP) is 4.01. The molecule has 0 radical (unpaired) electrons. The molecule has 0 aromatic heterocycles. The molecule has 2 rings (SSSR count). The van der Waals surface area contributed by atoms with E-state index in [-0.39, 0.29) is 16.9 Å². The lowest BCUT2D eigenvalue weighted by molar-refractivity contribution is 0.225. The molecule has 0 amide bonds. The Morgan fingerprint density at radius 3 is 2.75 bits per heavy atom. The summed E-state index contributed by atoms with van der Waals surface area (Å²) in [5.41, 5.74) is 0.949. The van der Waals surface area contributed by atoms with E-state index in [9.17, 15) is 4.39 Å². The van der Waals surface area contributed by atoms with E-state index in [1.807, 2.05) is 6.07 Å². The highest BCUT2D eigenvalue weighted by molar-refractivity contribution is 6.30. The number of nitrogens with zero attached hydrogens (tertiary/aromatic N) is 1. The highest BCUT2D eigenvalue weighted by atomic mass is 35.5. The Morgan fingerprint density at radius 1 is 1.30 bits per heavy atom. The first-order valence-corrected chi connectivity index (χ1v) is 7.95. The third-order valence-corrected chi connectivity index (χ3v) is 4.30. The van der Waals surface area contributed by atoms with Crippen LogP contribution in [0.3, 0.4) is 0 Å². The van der Waals surface area contributed by atoms with Crippen LogP contribution in [0.1, 0.15) is 44.2 Å². The molecule has 1 unspecified atom stereocenters. The van der Waals surface area contributed by atoms with E-state index in [4.69, 9.17) is 11.6 Å². The summed E-state index contributed by atoms with van der Waals surface area (Å²) in [5, 5.41) is 3.63. The van der Waals surface area contributed by atoms with Crippen LogP contribution >= 0.6 is 11.6 Å². The van der Waals surface area contributed by atoms with Gasteiger partial charge in [-0.1, -0.05) is 24.1 Å². The van der Waals surface area contributed by atoms with Crippen LogP contribution in [0.5, 0.6) is 0 Å². The Kier molecular flexibility index (Phi) is 6.27. The minimum atomic E-state index is -0.342. The lowest BCUT2D eigenvalue weighted by Gasteiger charge is -2.26. The van der Waals surface area contributed by atoms with Crippen LogP contribution in [0.2, 0.25) is 5.02 Å². The summed E-state index contributed by atoms with van der Waals surface area (Å²) in [6.07, 6.45) is 5.20. The van der Waals surface area contributed by atoms with Gasteiger partial charge < -0.3 is 10.2 Å². The van der Waals surface area contributed by atoms with E-state index in [1.54, 1.807) is 6.07 Å². The summed E-state index contributed by atoms with van der Waals surface area (Å²) in [6.45, 7) is 6.68. The van der Waals surface area contributed by atoms with Crippen molar-refractivity contribution < 1.29 is 4.39 Å². The molecule has 1 aromatic rings. The maximum absolute atomic E-state index is 13.4. The second-order valence-corrected chi connectivity index (χ2v) is 6.01. The molecule has 1 aromatic carbocycles. The van der Waals surface area contributed by atoms with Gasteiger partial charge in [-0.3, -0.25) is 0 Å². The number of piperidine rings is 1. The molecule has 0 saturated carbocycles. The SMILES string of the molecule is CC(NCCCN1CCCCC1)c1ccc(Cl)c(F)c1. The van der Waals surface area contributed by atoms with E-state index in [2.05, 4.69) is 17.1 Å². The first-order valence-electron chi connectivity index (χ1n) is 7.57. The fraction of sp³-hybridized carbons (Fsp3) is 0.625. The van der Waals surface area contributed by atoms with E-state index in [1.165, 1.54) is 38.4 Å². The number of benzene rings is 1. The van der Waals surface area contributed by atoms with Crippen molar-refractivity contribution in [3.8, 4) is 0 Å². The van der Waals surface area contributed by atoms with Crippen LogP contribution < -0.4 is 5.32 Å². The topological polar surface area (TPSA) is 15.3 Å². The first kappa shape index (κ1) is 15.7. The van der Waals surface area contributed by atoms with Gasteiger partial charge in [-0.2, -0.15) is 0 Å². The molecule has 0 aliphatic carbocycles. The van der Waals surface area contributed by atoms with Crippen LogP contribution in [0.25, 0.3) is 0 Å². The molecule has 1 N–H and O–H groups in total. The van der Waals surface area contributed by atoms with Gasteiger partial charge in [0, 0.05) is 6.04 Å². The van der Waals surface area contributed by atoms with Crippen LogP contribution in [-0.2, 0) is 0 Å². The monoisotopic (exact) mass is 298 g/mol. The number of rotatable bonds is 6. The molecule has 1 atom stereocenters. The molecule has 2 nitrogen and oxygen atoms in total. The van der Waals surface area contributed by atoms with Crippen molar-refractivity contribution in [1.29, 1.82) is 0 Å². The molecule has 1 saturated heterocycles. The zero-order valence-electron chi connectivity index (χ0n) is 12.2. The van der Waals surface area contributed by atoms with Gasteiger partial charge >= 0.3 is 0 Å². The molecule has 1 heterocycles. The number of hydrogen-bond donors (Lipinski definition) is 1. The summed E-state index contributed by atoms with van der Waals surface area (Å²) in [5.74, 6) is -0.342. The molecule has 1 aliphatic rings. The van der Waals surface area contributed by atoms with Gasteiger partial charge in [0.15, 0.2) is 0 Å². The number of nitrogens with one attached hydrogen (secondary N) is 1. The van der Waals surface area contributed by atoms with Gasteiger partial charge in [0.1, 0.15) is 5.82 Å². The van der Waals surface area contributed by atoms with Crippen molar-refractivity contribution in [2.45, 2.75) is 38.6 Å². The van der Waals surface area contributed by atoms with Gasteiger partial charge in [-0.15, -0.1) is 0 Å². The fourth-order valence-corrected chi connectivity index (χ4v) is 2.82. The standard InChI is InChI=1S/C16H24ClFN2/c1-13(14-6-7-15(17)16(18)12-14)19-8-5-11-20-9-3-2-4-10-20/h6-7,12-13,19H,2-5,8-11H2,1H3. The molecule has 1 aliphatic heterocycles. The van der Waals surface area contributed by atoms with Crippen molar-refractivity contribution in [2.75, 3.05) is 26.2 Å². The van der Waals surface area contributed by atoms with Gasteiger partial charge in [0.2, 0.25) is 0 Å². The highest BCUT2D eigenvalue weighted by Crippen LogP contribution is 2.20. The first-order chi connectivity index (χ1) is 9.66. The Hall–Kier alpha value is -0.640. The number of hydrogen-bond acceptors (Lipinski definition) is 2. The average Bonchev–Trinajstić information content (AvgIpc) is 2.47. The van der Waals surface area contributed by atoms with Crippen molar-refractivity contribution in [3.05, 3.63) is 34.6 Å². The Bertz CT molecular complexity index is 419. The average molecular weight is 299 g/mol. The summed E-state index contributed by atoms with van der Waals surface area (Å²) in [7, 11) is 0. The van der Waals surface area contributed by atoms with Gasteiger partial charge in [-0.05, 0) is 70.1 Å². The van der Waals surface area contributed by atoms with E-state index in [0.29, 0.717) is 0 Å². The predicted molar refractivity (Wildman–Crippen MR) is 82.7 cm³/mol. The van der Waals surface area contributed by atoms with Crippen molar-refractivity contribution >= 4 is 11.6 Å². The fourth-order valence-electron chi connectivity index (χ4n) is 2.70. The molecular weight excluding hydrogens is 275 g/mol. The van der Waals surface area contributed by atoms with E-state index in [0.717, 1.165) is 25.1 Å². The smallest absolute Gasteiger partial charge is 0.142 e. The second kappa shape index (κ2) is 7.96. The Labute approximate surface area is 126 Å². The molecule has 112 valence electrons. The molecule has 0 bridgehead atoms. The Balaban J connectivity index is 1.69. The van der Waals surface area contributed by atoms with Crippen LogP contribution in [-0.4, -0.2) is 31.1 Å². The quantitative estimate of drug-likeness (QED) is 0.799. The van der Waals surface area contributed by atoms with E-state index < -0.39 is 0 Å². The minimum absolute atomic E-state index is 0.156. The van der Waals surface area contributed by atoms with Gasteiger partial charge in [0.25, 0.3) is 0 Å². The summed E-state index contributed by atoms with van der Waals surface area (Å²) < 4.78 is 13.4. The molecule has 1 fully saturated rings. The van der Waals surface area contributed by atoms with Gasteiger partial charge in [0.05, 0.1) is 5.02 Å².